The van der Waals surface area contributed by atoms with Gasteiger partial charge in [0.05, 0.1) is 12.7 Å². The fourth-order valence-electron chi connectivity index (χ4n) is 1.90. The summed E-state index contributed by atoms with van der Waals surface area (Å²) in [4.78, 5) is 12.7. The minimum Gasteiger partial charge on any atom is -0.493 e. The summed E-state index contributed by atoms with van der Waals surface area (Å²) in [6.07, 6.45) is 2.03. The van der Waals surface area contributed by atoms with Crippen molar-refractivity contribution in [2.24, 2.45) is 5.73 Å². The standard InChI is InChI=1S/C16H17NO3S/c1-19-14-5-3-4-13(16(17)18)15(14)20-10-11-6-8-12(21-2)9-7-11/h3-9H,10H2,1-2H3,(H2,17,18). The largest absolute Gasteiger partial charge is 0.493 e. The number of hydrogen-bond donors (Lipinski definition) is 1. The Morgan fingerprint density at radius 1 is 1.19 bits per heavy atom. The number of nitrogens with two attached hydrogens (primary N) is 1. The highest BCUT2D eigenvalue weighted by atomic mass is 32.2. The zero-order valence-electron chi connectivity index (χ0n) is 12.0. The number of hydrogen-bond acceptors (Lipinski definition) is 4. The molecule has 0 aliphatic rings. The molecule has 110 valence electrons. The van der Waals surface area contributed by atoms with E-state index in [9.17, 15) is 4.79 Å². The Labute approximate surface area is 128 Å². The summed E-state index contributed by atoms with van der Waals surface area (Å²) < 4.78 is 11.0. The van der Waals surface area contributed by atoms with E-state index >= 15 is 0 Å². The number of methoxy groups -OCH3 is 1. The van der Waals surface area contributed by atoms with Gasteiger partial charge in [0.25, 0.3) is 5.91 Å². The van der Waals surface area contributed by atoms with E-state index in [0.29, 0.717) is 23.7 Å². The molecule has 0 saturated carbocycles. The van der Waals surface area contributed by atoms with E-state index in [1.54, 1.807) is 30.0 Å². The number of benzene rings is 2. The van der Waals surface area contributed by atoms with E-state index in [1.807, 2.05) is 30.5 Å². The molecule has 2 N–H and O–H groups in total. The summed E-state index contributed by atoms with van der Waals surface area (Å²) in [6, 6.07) is 13.1. The van der Waals surface area contributed by atoms with E-state index in [1.165, 1.54) is 12.0 Å². The summed E-state index contributed by atoms with van der Waals surface area (Å²) >= 11 is 1.68. The van der Waals surface area contributed by atoms with Crippen molar-refractivity contribution in [1.82, 2.24) is 0 Å². The number of para-hydroxylation sites is 1. The SMILES string of the molecule is COc1cccc(C(N)=O)c1OCc1ccc(SC)cc1. The topological polar surface area (TPSA) is 61.5 Å². The van der Waals surface area contributed by atoms with Gasteiger partial charge >= 0.3 is 0 Å². The second-order valence-corrected chi connectivity index (χ2v) is 5.22. The molecular formula is C16H17NO3S. The lowest BCUT2D eigenvalue weighted by molar-refractivity contribution is 0.0995. The van der Waals surface area contributed by atoms with Gasteiger partial charge < -0.3 is 15.2 Å². The summed E-state index contributed by atoms with van der Waals surface area (Å²) in [6.45, 7) is 0.343. The predicted molar refractivity (Wildman–Crippen MR) is 84.1 cm³/mol. The number of amides is 1. The van der Waals surface area contributed by atoms with Gasteiger partial charge in [-0.25, -0.2) is 0 Å². The third kappa shape index (κ3) is 3.70. The van der Waals surface area contributed by atoms with E-state index in [0.717, 1.165) is 5.56 Å². The molecule has 0 aliphatic carbocycles. The van der Waals surface area contributed by atoms with Crippen LogP contribution in [0.25, 0.3) is 0 Å². The predicted octanol–water partition coefficient (Wildman–Crippen LogP) is 3.10. The van der Waals surface area contributed by atoms with Crippen molar-refractivity contribution in [3.63, 3.8) is 0 Å². The first-order valence-electron chi connectivity index (χ1n) is 6.38. The second-order valence-electron chi connectivity index (χ2n) is 4.34. The minimum absolute atomic E-state index is 0.315. The first kappa shape index (κ1) is 15.3. The van der Waals surface area contributed by atoms with Gasteiger partial charge in [-0.1, -0.05) is 18.2 Å². The van der Waals surface area contributed by atoms with Gasteiger partial charge in [-0.3, -0.25) is 4.79 Å². The Balaban J connectivity index is 2.20. The van der Waals surface area contributed by atoms with Gasteiger partial charge in [-0.05, 0) is 36.1 Å². The normalized spacial score (nSPS) is 10.2. The molecule has 0 atom stereocenters. The molecule has 0 unspecified atom stereocenters. The van der Waals surface area contributed by atoms with Gasteiger partial charge in [-0.2, -0.15) is 0 Å². The van der Waals surface area contributed by atoms with Crippen LogP contribution in [0.5, 0.6) is 11.5 Å². The number of ether oxygens (including phenoxy) is 2. The Hall–Kier alpha value is -2.14. The summed E-state index contributed by atoms with van der Waals surface area (Å²) in [7, 11) is 1.53. The molecule has 0 aliphatic heterocycles. The Bertz CT molecular complexity index is 626. The highest BCUT2D eigenvalue weighted by Crippen LogP contribution is 2.31. The lowest BCUT2D eigenvalue weighted by atomic mass is 10.1. The molecule has 0 heterocycles. The molecule has 2 aromatic carbocycles. The highest BCUT2D eigenvalue weighted by Gasteiger charge is 2.14. The number of primary amides is 1. The third-order valence-corrected chi connectivity index (χ3v) is 3.75. The first-order valence-corrected chi connectivity index (χ1v) is 7.60. The summed E-state index contributed by atoms with van der Waals surface area (Å²) in [5.74, 6) is 0.329. The first-order chi connectivity index (χ1) is 10.2. The molecule has 1 amide bonds. The van der Waals surface area contributed by atoms with Crippen LogP contribution in [0.2, 0.25) is 0 Å². The van der Waals surface area contributed by atoms with Crippen LogP contribution < -0.4 is 15.2 Å². The van der Waals surface area contributed by atoms with Crippen LogP contribution in [0.1, 0.15) is 15.9 Å². The molecule has 0 spiro atoms. The Morgan fingerprint density at radius 2 is 1.90 bits per heavy atom. The summed E-state index contributed by atoms with van der Waals surface area (Å²) in [5, 5.41) is 0. The Kier molecular flexibility index (Phi) is 5.11. The van der Waals surface area contributed by atoms with Crippen LogP contribution in [0.4, 0.5) is 0 Å². The average Bonchev–Trinajstić information content (AvgIpc) is 2.52. The fourth-order valence-corrected chi connectivity index (χ4v) is 2.30. The summed E-state index contributed by atoms with van der Waals surface area (Å²) in [5.41, 5.74) is 6.69. The molecule has 0 bridgehead atoms. The van der Waals surface area contributed by atoms with Crippen molar-refractivity contribution in [2.75, 3.05) is 13.4 Å². The lowest BCUT2D eigenvalue weighted by Crippen LogP contribution is -2.13. The highest BCUT2D eigenvalue weighted by molar-refractivity contribution is 7.98. The van der Waals surface area contributed by atoms with Crippen LogP contribution in [0, 0.1) is 0 Å². The van der Waals surface area contributed by atoms with Gasteiger partial charge in [0.1, 0.15) is 6.61 Å². The van der Waals surface area contributed by atoms with Gasteiger partial charge in [0.15, 0.2) is 11.5 Å². The van der Waals surface area contributed by atoms with Crippen molar-refractivity contribution in [1.29, 1.82) is 0 Å². The lowest BCUT2D eigenvalue weighted by Gasteiger charge is -2.13. The fraction of sp³-hybridized carbons (Fsp3) is 0.188. The molecule has 2 rings (SSSR count). The molecule has 4 nitrogen and oxygen atoms in total. The molecule has 0 saturated heterocycles. The van der Waals surface area contributed by atoms with Crippen LogP contribution in [0.3, 0.4) is 0 Å². The maximum atomic E-state index is 11.5. The van der Waals surface area contributed by atoms with E-state index < -0.39 is 5.91 Å². The van der Waals surface area contributed by atoms with Gasteiger partial charge in [0, 0.05) is 4.90 Å². The van der Waals surface area contributed by atoms with Gasteiger partial charge in [0.2, 0.25) is 0 Å². The van der Waals surface area contributed by atoms with Crippen LogP contribution in [0.15, 0.2) is 47.4 Å². The molecule has 21 heavy (non-hydrogen) atoms. The average molecular weight is 303 g/mol. The number of thioether (sulfide) groups is 1. The molecule has 0 fully saturated rings. The molecule has 0 aromatic heterocycles. The molecular weight excluding hydrogens is 286 g/mol. The monoisotopic (exact) mass is 303 g/mol. The number of carbonyl (C=O) groups excluding carboxylic acids is 1. The van der Waals surface area contributed by atoms with Crippen molar-refractivity contribution in [3.8, 4) is 11.5 Å². The van der Waals surface area contributed by atoms with E-state index in [-0.39, 0.29) is 0 Å². The molecule has 5 heteroatoms. The van der Waals surface area contributed by atoms with Crippen LogP contribution in [-0.2, 0) is 6.61 Å². The van der Waals surface area contributed by atoms with Crippen molar-refractivity contribution in [2.45, 2.75) is 11.5 Å². The van der Waals surface area contributed by atoms with Crippen molar-refractivity contribution < 1.29 is 14.3 Å². The minimum atomic E-state index is -0.540. The zero-order valence-corrected chi connectivity index (χ0v) is 12.8. The second kappa shape index (κ2) is 7.04. The van der Waals surface area contributed by atoms with E-state index in [2.05, 4.69) is 0 Å². The maximum Gasteiger partial charge on any atom is 0.252 e. The smallest absolute Gasteiger partial charge is 0.252 e. The molecule has 2 aromatic rings. The van der Waals surface area contributed by atoms with Gasteiger partial charge in [-0.15, -0.1) is 11.8 Å². The van der Waals surface area contributed by atoms with E-state index in [4.69, 9.17) is 15.2 Å². The Morgan fingerprint density at radius 3 is 2.48 bits per heavy atom. The maximum absolute atomic E-state index is 11.5. The zero-order chi connectivity index (χ0) is 15.2. The van der Waals surface area contributed by atoms with Crippen LogP contribution in [-0.4, -0.2) is 19.3 Å². The third-order valence-electron chi connectivity index (χ3n) is 3.01. The number of rotatable bonds is 6. The van der Waals surface area contributed by atoms with Crippen molar-refractivity contribution in [3.05, 3.63) is 53.6 Å². The quantitative estimate of drug-likeness (QED) is 0.833. The molecule has 0 radical (unpaired) electrons. The van der Waals surface area contributed by atoms with Crippen LogP contribution >= 0.6 is 11.8 Å². The van der Waals surface area contributed by atoms with Crippen molar-refractivity contribution >= 4 is 17.7 Å². The number of carbonyl (C=O) groups is 1.